The molecule has 0 aliphatic rings. The van der Waals surface area contributed by atoms with Crippen LogP contribution in [0.3, 0.4) is 0 Å². The molecule has 0 unspecified atom stereocenters. The van der Waals surface area contributed by atoms with Crippen LogP contribution in [0.5, 0.6) is 0 Å². The maximum atomic E-state index is 11.8. The molecule has 0 N–H and O–H groups in total. The van der Waals surface area contributed by atoms with E-state index in [0.29, 0.717) is 6.61 Å². The number of carbonyl (C=O) groups is 1. The summed E-state index contributed by atoms with van der Waals surface area (Å²) < 4.78 is 8.85. The molecule has 2 heterocycles. The Labute approximate surface area is 153 Å². The van der Waals surface area contributed by atoms with Crippen LogP contribution in [0, 0.1) is 0 Å². The molecule has 6 nitrogen and oxygen atoms in total. The predicted molar refractivity (Wildman–Crippen MR) is 102 cm³/mol. The first kappa shape index (κ1) is 17.9. The van der Waals surface area contributed by atoms with Gasteiger partial charge in [0, 0.05) is 18.5 Å². The fourth-order valence-electron chi connectivity index (χ4n) is 3.04. The monoisotopic (exact) mass is 352 g/mol. The lowest BCUT2D eigenvalue weighted by Gasteiger charge is -2.03. The molecule has 136 valence electrons. The highest BCUT2D eigenvalue weighted by molar-refractivity contribution is 5.96. The summed E-state index contributed by atoms with van der Waals surface area (Å²) in [5, 5.41) is 9.69. The van der Waals surface area contributed by atoms with Gasteiger partial charge in [-0.15, -0.1) is 5.10 Å². The molecule has 0 saturated carbocycles. The number of hydrogen-bond donors (Lipinski definition) is 0. The lowest BCUT2D eigenvalue weighted by atomic mass is 10.2. The topological polar surface area (TPSA) is 61.9 Å². The molecule has 0 saturated heterocycles. The predicted octanol–water partition coefficient (Wildman–Crippen LogP) is 3.68. The van der Waals surface area contributed by atoms with E-state index in [0.717, 1.165) is 47.2 Å². The van der Waals surface area contributed by atoms with Gasteiger partial charge in [0.2, 0.25) is 0 Å². The zero-order valence-electron chi connectivity index (χ0n) is 15.5. The fraction of sp³-hybridized carbons (Fsp3) is 0.350. The zero-order chi connectivity index (χ0) is 18.5. The smallest absolute Gasteiger partial charge is 0.330 e. The zero-order valence-corrected chi connectivity index (χ0v) is 15.5. The molecule has 0 aliphatic heterocycles. The largest absolute Gasteiger partial charge is 0.463 e. The van der Waals surface area contributed by atoms with Crippen molar-refractivity contribution < 1.29 is 9.53 Å². The van der Waals surface area contributed by atoms with E-state index in [2.05, 4.69) is 29.4 Å². The molecule has 0 atom stereocenters. The highest BCUT2D eigenvalue weighted by Crippen LogP contribution is 2.29. The van der Waals surface area contributed by atoms with E-state index in [1.165, 1.54) is 6.08 Å². The van der Waals surface area contributed by atoms with Gasteiger partial charge in [0.25, 0.3) is 0 Å². The van der Waals surface area contributed by atoms with Crippen molar-refractivity contribution in [2.24, 2.45) is 7.05 Å². The number of unbranched alkanes of at least 4 members (excludes halogenated alkanes) is 1. The number of nitrogens with zero attached hydrogens (tertiary/aromatic N) is 4. The molecular weight excluding hydrogens is 328 g/mol. The van der Waals surface area contributed by atoms with Gasteiger partial charge < -0.3 is 9.30 Å². The third-order valence-electron chi connectivity index (χ3n) is 4.34. The van der Waals surface area contributed by atoms with E-state index in [9.17, 15) is 4.79 Å². The Morgan fingerprint density at radius 3 is 2.85 bits per heavy atom. The number of esters is 1. The van der Waals surface area contributed by atoms with Crippen LogP contribution < -0.4 is 0 Å². The summed E-state index contributed by atoms with van der Waals surface area (Å²) in [5.41, 5.74) is 3.84. The summed E-state index contributed by atoms with van der Waals surface area (Å²) in [5.74, 6) is -0.356. The Bertz CT molecular complexity index is 937. The average Bonchev–Trinajstić information content (AvgIpc) is 3.21. The lowest BCUT2D eigenvalue weighted by molar-refractivity contribution is -0.137. The van der Waals surface area contributed by atoms with Crippen LogP contribution in [0.15, 0.2) is 36.5 Å². The Morgan fingerprint density at radius 1 is 1.27 bits per heavy atom. The number of fused-ring (bicyclic) bond motifs is 1. The minimum atomic E-state index is -0.356. The third kappa shape index (κ3) is 3.54. The summed E-state index contributed by atoms with van der Waals surface area (Å²) >= 11 is 0. The van der Waals surface area contributed by atoms with Gasteiger partial charge in [0.15, 0.2) is 0 Å². The van der Waals surface area contributed by atoms with Crippen molar-refractivity contribution in [3.05, 3.63) is 47.9 Å². The fourth-order valence-corrected chi connectivity index (χ4v) is 3.04. The average molecular weight is 352 g/mol. The van der Waals surface area contributed by atoms with Crippen LogP contribution in [0.2, 0.25) is 0 Å². The van der Waals surface area contributed by atoms with E-state index in [1.807, 2.05) is 29.9 Å². The summed E-state index contributed by atoms with van der Waals surface area (Å²) in [4.78, 5) is 11.8. The number of para-hydroxylation sites is 1. The Morgan fingerprint density at radius 2 is 2.08 bits per heavy atom. The second-order valence-electron chi connectivity index (χ2n) is 6.15. The maximum absolute atomic E-state index is 11.8. The molecule has 3 rings (SSSR count). The normalized spacial score (nSPS) is 11.5. The van der Waals surface area contributed by atoms with Gasteiger partial charge in [0.05, 0.1) is 35.4 Å². The SMILES string of the molecule is CCCCc1cn(-c2c(/C=C/C(=O)OCC)n(C)c3ccccc23)nn1. The van der Waals surface area contributed by atoms with Crippen molar-refractivity contribution in [1.82, 2.24) is 19.6 Å². The number of benzene rings is 1. The number of carbonyl (C=O) groups excluding carboxylic acids is 1. The minimum Gasteiger partial charge on any atom is -0.463 e. The first-order valence-electron chi connectivity index (χ1n) is 8.99. The van der Waals surface area contributed by atoms with Crippen molar-refractivity contribution in [3.8, 4) is 5.69 Å². The second kappa shape index (κ2) is 7.99. The molecule has 0 aliphatic carbocycles. The first-order valence-corrected chi connectivity index (χ1v) is 8.99. The number of aromatic nitrogens is 4. The highest BCUT2D eigenvalue weighted by Gasteiger charge is 2.16. The number of hydrogen-bond acceptors (Lipinski definition) is 4. The Kier molecular flexibility index (Phi) is 5.51. The highest BCUT2D eigenvalue weighted by atomic mass is 16.5. The number of rotatable bonds is 7. The molecule has 0 spiro atoms. The van der Waals surface area contributed by atoms with Crippen LogP contribution in [-0.4, -0.2) is 32.1 Å². The van der Waals surface area contributed by atoms with Gasteiger partial charge >= 0.3 is 5.97 Å². The van der Waals surface area contributed by atoms with Crippen molar-refractivity contribution >= 4 is 22.9 Å². The molecule has 0 fully saturated rings. The van der Waals surface area contributed by atoms with Gasteiger partial charge in [-0.05, 0) is 31.9 Å². The van der Waals surface area contributed by atoms with Crippen LogP contribution >= 0.6 is 0 Å². The van der Waals surface area contributed by atoms with Crippen molar-refractivity contribution in [2.75, 3.05) is 6.61 Å². The van der Waals surface area contributed by atoms with Crippen molar-refractivity contribution in [3.63, 3.8) is 0 Å². The number of ether oxygens (including phenoxy) is 1. The van der Waals surface area contributed by atoms with Crippen LogP contribution in [0.1, 0.15) is 38.1 Å². The van der Waals surface area contributed by atoms with Gasteiger partial charge in [-0.1, -0.05) is 36.8 Å². The van der Waals surface area contributed by atoms with Crippen LogP contribution in [-0.2, 0) is 23.0 Å². The first-order chi connectivity index (χ1) is 12.7. The quantitative estimate of drug-likeness (QED) is 0.481. The van der Waals surface area contributed by atoms with E-state index in [-0.39, 0.29) is 5.97 Å². The molecule has 1 aromatic carbocycles. The Balaban J connectivity index is 2.09. The minimum absolute atomic E-state index is 0.356. The molecule has 3 aromatic rings. The van der Waals surface area contributed by atoms with Gasteiger partial charge in [0.1, 0.15) is 0 Å². The molecule has 0 radical (unpaired) electrons. The third-order valence-corrected chi connectivity index (χ3v) is 4.34. The van der Waals surface area contributed by atoms with E-state index >= 15 is 0 Å². The molecule has 2 aromatic heterocycles. The van der Waals surface area contributed by atoms with Crippen LogP contribution in [0.25, 0.3) is 22.7 Å². The van der Waals surface area contributed by atoms with Crippen LogP contribution in [0.4, 0.5) is 0 Å². The molecule has 26 heavy (non-hydrogen) atoms. The summed E-state index contributed by atoms with van der Waals surface area (Å²) in [7, 11) is 1.98. The van der Waals surface area contributed by atoms with Crippen molar-refractivity contribution in [2.45, 2.75) is 33.1 Å². The lowest BCUT2D eigenvalue weighted by Crippen LogP contribution is -2.02. The van der Waals surface area contributed by atoms with E-state index < -0.39 is 0 Å². The molecule has 0 amide bonds. The summed E-state index contributed by atoms with van der Waals surface area (Å²) in [6, 6.07) is 8.10. The summed E-state index contributed by atoms with van der Waals surface area (Å²) in [6.07, 6.45) is 8.32. The standard InChI is InChI=1S/C20H24N4O2/c1-4-6-9-15-14-24(22-21-15)20-16-10-7-8-11-17(16)23(3)18(20)12-13-19(25)26-5-2/h7-8,10-14H,4-6,9H2,1-3H3/b13-12+. The van der Waals surface area contributed by atoms with Gasteiger partial charge in [-0.2, -0.15) is 0 Å². The van der Waals surface area contributed by atoms with E-state index in [4.69, 9.17) is 4.74 Å². The molecule has 0 bridgehead atoms. The molecular formula is C20H24N4O2. The van der Waals surface area contributed by atoms with Crippen molar-refractivity contribution in [1.29, 1.82) is 0 Å². The second-order valence-corrected chi connectivity index (χ2v) is 6.15. The molecule has 6 heteroatoms. The van der Waals surface area contributed by atoms with Gasteiger partial charge in [-0.25, -0.2) is 9.48 Å². The Hall–Kier alpha value is -2.89. The van der Waals surface area contributed by atoms with Gasteiger partial charge in [-0.3, -0.25) is 0 Å². The maximum Gasteiger partial charge on any atom is 0.330 e. The summed E-state index contributed by atoms with van der Waals surface area (Å²) in [6.45, 7) is 4.31. The number of aryl methyl sites for hydroxylation is 2. The van der Waals surface area contributed by atoms with E-state index in [1.54, 1.807) is 17.7 Å².